The molecule has 0 saturated carbocycles. The van der Waals surface area contributed by atoms with E-state index in [-0.39, 0.29) is 11.9 Å². The minimum atomic E-state index is -0.489. The molecule has 0 unspecified atom stereocenters. The van der Waals surface area contributed by atoms with Crippen molar-refractivity contribution in [3.05, 3.63) is 81.9 Å². The number of nitrogens with zero attached hydrogens (tertiary/aromatic N) is 5. The lowest BCUT2D eigenvalue weighted by molar-refractivity contribution is 0.0942. The van der Waals surface area contributed by atoms with Crippen molar-refractivity contribution in [1.82, 2.24) is 20.2 Å². The molecule has 3 heterocycles. The summed E-state index contributed by atoms with van der Waals surface area (Å²) in [7, 11) is 1.61. The van der Waals surface area contributed by atoms with E-state index in [1.807, 2.05) is 31.3 Å². The number of carbonyl (C=O) groups excluding carboxylic acids is 2. The molecular formula is C33H41N7O3. The zero-order valence-electron chi connectivity index (χ0n) is 25.7. The summed E-state index contributed by atoms with van der Waals surface area (Å²) < 4.78 is 5.73. The lowest BCUT2D eigenvalue weighted by Gasteiger charge is -2.42. The molecular weight excluding hydrogens is 542 g/mol. The van der Waals surface area contributed by atoms with Crippen molar-refractivity contribution < 1.29 is 14.3 Å². The summed E-state index contributed by atoms with van der Waals surface area (Å²) in [6, 6.07) is 11.6. The summed E-state index contributed by atoms with van der Waals surface area (Å²) >= 11 is 0. The number of benzene rings is 1. The van der Waals surface area contributed by atoms with Gasteiger partial charge in [0.15, 0.2) is 0 Å². The Bertz CT molecular complexity index is 1490. The second kappa shape index (κ2) is 14.1. The van der Waals surface area contributed by atoms with Crippen molar-refractivity contribution in [2.75, 3.05) is 31.6 Å². The summed E-state index contributed by atoms with van der Waals surface area (Å²) in [4.78, 5) is 38.1. The molecule has 2 aromatic heterocycles. The van der Waals surface area contributed by atoms with E-state index in [0.29, 0.717) is 47.4 Å². The van der Waals surface area contributed by atoms with E-state index in [4.69, 9.17) is 15.7 Å². The van der Waals surface area contributed by atoms with E-state index in [2.05, 4.69) is 38.9 Å². The molecule has 0 radical (unpaired) electrons. The number of pyridine rings is 2. The SMILES string of the molecule is COc1cc(C(N)=O)ccc1N(Cc1cnccc1C)C1CCN([C@H](C)CCNC(=O)c2c(C)cc(C#N)nc2C)CC1. The molecule has 0 aliphatic carbocycles. The molecule has 10 nitrogen and oxygen atoms in total. The Morgan fingerprint density at radius 3 is 2.56 bits per heavy atom. The molecule has 0 bridgehead atoms. The van der Waals surface area contributed by atoms with Gasteiger partial charge in [-0.05, 0) is 94.0 Å². The molecule has 10 heteroatoms. The molecule has 226 valence electrons. The number of nitriles is 1. The predicted molar refractivity (Wildman–Crippen MR) is 166 cm³/mol. The largest absolute Gasteiger partial charge is 0.495 e. The standard InChI is InChI=1S/C33H41N7O3/c1-21-8-12-36-19-26(21)20-40(29-7-6-25(32(35)41)17-30(29)43-5)28-10-14-39(15-11-28)23(3)9-13-37-33(42)31-22(2)16-27(18-34)38-24(31)4/h6-8,12,16-17,19,23,28H,9-11,13-15,20H2,1-5H3,(H2,35,41)(H,37,42)/t23-/m1/s1. The van der Waals surface area contributed by atoms with Gasteiger partial charge < -0.3 is 25.6 Å². The fourth-order valence-corrected chi connectivity index (χ4v) is 5.86. The highest BCUT2D eigenvalue weighted by Gasteiger charge is 2.29. The van der Waals surface area contributed by atoms with Crippen LogP contribution in [0.15, 0.2) is 42.7 Å². The predicted octanol–water partition coefficient (Wildman–Crippen LogP) is 4.06. The summed E-state index contributed by atoms with van der Waals surface area (Å²) in [5.74, 6) is -0.0281. The maximum atomic E-state index is 12.9. The molecule has 43 heavy (non-hydrogen) atoms. The number of nitrogens with one attached hydrogen (secondary N) is 1. The molecule has 4 rings (SSSR count). The van der Waals surface area contributed by atoms with Crippen LogP contribution in [0.5, 0.6) is 5.75 Å². The lowest BCUT2D eigenvalue weighted by Crippen LogP contribution is -2.48. The Kier molecular flexibility index (Phi) is 10.3. The Morgan fingerprint density at radius 1 is 1.19 bits per heavy atom. The van der Waals surface area contributed by atoms with E-state index < -0.39 is 5.91 Å². The van der Waals surface area contributed by atoms with Crippen molar-refractivity contribution in [2.24, 2.45) is 5.73 Å². The van der Waals surface area contributed by atoms with Crippen LogP contribution in [0.1, 0.15) is 75.0 Å². The highest BCUT2D eigenvalue weighted by atomic mass is 16.5. The molecule has 3 N–H and O–H groups in total. The number of ether oxygens (including phenoxy) is 1. The fraction of sp³-hybridized carbons (Fsp3) is 0.424. The Hall–Kier alpha value is -4.49. The Balaban J connectivity index is 1.41. The number of likely N-dealkylation sites (tertiary alicyclic amines) is 1. The maximum absolute atomic E-state index is 12.9. The van der Waals surface area contributed by atoms with Crippen LogP contribution in [0.3, 0.4) is 0 Å². The van der Waals surface area contributed by atoms with E-state index >= 15 is 0 Å². The smallest absolute Gasteiger partial charge is 0.253 e. The van der Waals surface area contributed by atoms with Gasteiger partial charge in [-0.1, -0.05) is 0 Å². The molecule has 1 atom stereocenters. The van der Waals surface area contributed by atoms with Gasteiger partial charge >= 0.3 is 0 Å². The molecule has 3 aromatic rings. The van der Waals surface area contributed by atoms with Crippen LogP contribution in [-0.2, 0) is 6.54 Å². The number of nitrogens with two attached hydrogens (primary N) is 1. The summed E-state index contributed by atoms with van der Waals surface area (Å²) in [6.45, 7) is 10.9. The van der Waals surface area contributed by atoms with Gasteiger partial charge in [0.1, 0.15) is 17.5 Å². The van der Waals surface area contributed by atoms with Crippen LogP contribution in [0, 0.1) is 32.1 Å². The van der Waals surface area contributed by atoms with Gasteiger partial charge in [0, 0.05) is 56.2 Å². The number of aromatic nitrogens is 2. The van der Waals surface area contributed by atoms with Crippen molar-refractivity contribution >= 4 is 17.5 Å². The summed E-state index contributed by atoms with van der Waals surface area (Å²) in [5.41, 5.74) is 11.4. The highest BCUT2D eigenvalue weighted by Crippen LogP contribution is 2.35. The molecule has 1 aromatic carbocycles. The van der Waals surface area contributed by atoms with Gasteiger partial charge in [-0.3, -0.25) is 14.6 Å². The fourth-order valence-electron chi connectivity index (χ4n) is 5.86. The van der Waals surface area contributed by atoms with Crippen LogP contribution in [0.25, 0.3) is 0 Å². The first-order valence-corrected chi connectivity index (χ1v) is 14.7. The van der Waals surface area contributed by atoms with E-state index in [0.717, 1.165) is 49.2 Å². The van der Waals surface area contributed by atoms with Gasteiger partial charge in [-0.2, -0.15) is 5.26 Å². The van der Waals surface area contributed by atoms with Crippen molar-refractivity contribution in [1.29, 1.82) is 5.26 Å². The van der Waals surface area contributed by atoms with Gasteiger partial charge in [-0.25, -0.2) is 4.98 Å². The lowest BCUT2D eigenvalue weighted by atomic mass is 9.98. The summed E-state index contributed by atoms with van der Waals surface area (Å²) in [6.07, 6.45) is 6.43. The third kappa shape index (κ3) is 7.48. The third-order valence-electron chi connectivity index (χ3n) is 8.41. The molecule has 2 amide bonds. The zero-order chi connectivity index (χ0) is 31.1. The Labute approximate surface area is 253 Å². The van der Waals surface area contributed by atoms with Gasteiger partial charge in [-0.15, -0.1) is 0 Å². The minimum absolute atomic E-state index is 0.157. The first-order chi connectivity index (χ1) is 20.6. The number of methoxy groups -OCH3 is 1. The van der Waals surface area contributed by atoms with Crippen LogP contribution < -0.4 is 20.7 Å². The highest BCUT2D eigenvalue weighted by molar-refractivity contribution is 5.96. The monoisotopic (exact) mass is 583 g/mol. The van der Waals surface area contributed by atoms with Crippen LogP contribution >= 0.6 is 0 Å². The third-order valence-corrected chi connectivity index (χ3v) is 8.41. The number of anilines is 1. The molecule has 1 fully saturated rings. The number of piperidine rings is 1. The van der Waals surface area contributed by atoms with Crippen molar-refractivity contribution in [3.8, 4) is 11.8 Å². The zero-order valence-corrected chi connectivity index (χ0v) is 25.7. The number of primary amides is 1. The van der Waals surface area contributed by atoms with Crippen molar-refractivity contribution in [3.63, 3.8) is 0 Å². The second-order valence-corrected chi connectivity index (χ2v) is 11.2. The Morgan fingerprint density at radius 2 is 1.93 bits per heavy atom. The molecule has 0 spiro atoms. The van der Waals surface area contributed by atoms with Crippen LogP contribution in [-0.4, -0.2) is 65.5 Å². The summed E-state index contributed by atoms with van der Waals surface area (Å²) in [5, 5.41) is 12.2. The number of rotatable bonds is 11. The van der Waals surface area contributed by atoms with Crippen LogP contribution in [0.2, 0.25) is 0 Å². The number of aryl methyl sites for hydroxylation is 3. The first kappa shape index (κ1) is 31.4. The van der Waals surface area contributed by atoms with Gasteiger partial charge in [0.2, 0.25) is 5.91 Å². The van der Waals surface area contributed by atoms with Gasteiger partial charge in [0.25, 0.3) is 5.91 Å². The van der Waals surface area contributed by atoms with Crippen LogP contribution in [0.4, 0.5) is 5.69 Å². The van der Waals surface area contributed by atoms with E-state index in [1.165, 1.54) is 5.56 Å². The van der Waals surface area contributed by atoms with Crippen molar-refractivity contribution in [2.45, 2.75) is 65.6 Å². The quantitative estimate of drug-likeness (QED) is 0.345. The van der Waals surface area contributed by atoms with E-state index in [9.17, 15) is 9.59 Å². The van der Waals surface area contributed by atoms with Gasteiger partial charge in [0.05, 0.1) is 24.1 Å². The van der Waals surface area contributed by atoms with E-state index in [1.54, 1.807) is 38.4 Å². The first-order valence-electron chi connectivity index (χ1n) is 14.7. The molecule has 1 aliphatic heterocycles. The normalized spacial score (nSPS) is 14.5. The topological polar surface area (TPSA) is 137 Å². The second-order valence-electron chi connectivity index (χ2n) is 11.2. The number of amides is 2. The number of carbonyl (C=O) groups is 2. The minimum Gasteiger partial charge on any atom is -0.495 e. The number of hydrogen-bond donors (Lipinski definition) is 2. The average Bonchev–Trinajstić information content (AvgIpc) is 3.00. The number of hydrogen-bond acceptors (Lipinski definition) is 8. The molecule has 1 saturated heterocycles. The maximum Gasteiger partial charge on any atom is 0.253 e. The molecule has 1 aliphatic rings. The average molecular weight is 584 g/mol.